The topological polar surface area (TPSA) is 26.3 Å². The molecule has 0 bridgehead atoms. The second-order valence-electron chi connectivity index (χ2n) is 3.99. The van der Waals surface area contributed by atoms with Gasteiger partial charge in [-0.2, -0.15) is 0 Å². The number of thioether (sulfide) groups is 1. The summed E-state index contributed by atoms with van der Waals surface area (Å²) in [5.41, 5.74) is 0. The second kappa shape index (κ2) is 8.14. The van der Waals surface area contributed by atoms with Crippen molar-refractivity contribution in [2.45, 2.75) is 43.3 Å². The normalized spacial score (nSPS) is 12.2. The number of hydrogen-bond donors (Lipinski definition) is 0. The molecule has 0 amide bonds. The Labute approximate surface area is 112 Å². The van der Waals surface area contributed by atoms with Crippen LogP contribution in [0.5, 0.6) is 0 Å². The molecule has 1 aromatic carbocycles. The van der Waals surface area contributed by atoms with Crippen molar-refractivity contribution < 1.29 is 13.9 Å². The van der Waals surface area contributed by atoms with Crippen LogP contribution in [0, 0.1) is 5.82 Å². The quantitative estimate of drug-likeness (QED) is 0.552. The van der Waals surface area contributed by atoms with E-state index in [9.17, 15) is 9.18 Å². The third-order valence-corrected chi connectivity index (χ3v) is 3.71. The number of carbonyl (C=O) groups is 1. The number of esters is 1. The van der Waals surface area contributed by atoms with Crippen LogP contribution >= 0.6 is 11.8 Å². The summed E-state index contributed by atoms with van der Waals surface area (Å²) in [5.74, 6) is -0.401. The van der Waals surface area contributed by atoms with Crippen LogP contribution in [-0.2, 0) is 9.53 Å². The van der Waals surface area contributed by atoms with Gasteiger partial charge in [-0.3, -0.25) is 4.79 Å². The van der Waals surface area contributed by atoms with E-state index in [2.05, 4.69) is 6.92 Å². The number of benzene rings is 1. The summed E-state index contributed by atoms with van der Waals surface area (Å²) in [5, 5.41) is 0.194. The first-order valence-corrected chi connectivity index (χ1v) is 7.11. The molecule has 0 saturated carbocycles. The van der Waals surface area contributed by atoms with Crippen molar-refractivity contribution >= 4 is 17.7 Å². The number of halogens is 1. The molecule has 1 unspecified atom stereocenters. The van der Waals surface area contributed by atoms with Crippen molar-refractivity contribution in [3.63, 3.8) is 0 Å². The molecule has 0 radical (unpaired) electrons. The highest BCUT2D eigenvalue weighted by Crippen LogP contribution is 2.28. The minimum atomic E-state index is -0.239. The summed E-state index contributed by atoms with van der Waals surface area (Å²) in [7, 11) is 0. The molecule has 1 rings (SSSR count). The van der Waals surface area contributed by atoms with Crippen molar-refractivity contribution in [2.24, 2.45) is 0 Å². The molecule has 0 N–H and O–H groups in total. The van der Waals surface area contributed by atoms with E-state index in [1.54, 1.807) is 30.8 Å². The van der Waals surface area contributed by atoms with Gasteiger partial charge in [-0.25, -0.2) is 4.39 Å². The number of ether oxygens (including phenoxy) is 1. The maximum absolute atomic E-state index is 12.8. The van der Waals surface area contributed by atoms with Gasteiger partial charge in [0, 0.05) is 10.1 Å². The van der Waals surface area contributed by atoms with Crippen LogP contribution in [0.3, 0.4) is 0 Å². The number of carbonyl (C=O) groups excluding carboxylic acids is 1. The van der Waals surface area contributed by atoms with Crippen molar-refractivity contribution in [2.75, 3.05) is 6.61 Å². The zero-order valence-electron chi connectivity index (χ0n) is 10.8. The van der Waals surface area contributed by atoms with Crippen LogP contribution in [0.2, 0.25) is 0 Å². The van der Waals surface area contributed by atoms with E-state index in [1.165, 1.54) is 12.1 Å². The smallest absolute Gasteiger partial charge is 0.306 e. The van der Waals surface area contributed by atoms with Crippen LogP contribution in [0.15, 0.2) is 29.2 Å². The number of hydrogen-bond acceptors (Lipinski definition) is 3. The van der Waals surface area contributed by atoms with Gasteiger partial charge in [0.05, 0.1) is 13.0 Å². The average Bonchev–Trinajstić information content (AvgIpc) is 2.32. The van der Waals surface area contributed by atoms with Gasteiger partial charge in [-0.05, 0) is 37.6 Å². The highest BCUT2D eigenvalue weighted by Gasteiger charge is 2.15. The Bertz CT molecular complexity index is 365. The predicted molar refractivity (Wildman–Crippen MR) is 72.2 cm³/mol. The fourth-order valence-electron chi connectivity index (χ4n) is 1.64. The summed E-state index contributed by atoms with van der Waals surface area (Å²) < 4.78 is 17.8. The fourth-order valence-corrected chi connectivity index (χ4v) is 2.89. The van der Waals surface area contributed by atoms with E-state index < -0.39 is 0 Å². The summed E-state index contributed by atoms with van der Waals surface area (Å²) >= 11 is 1.61. The Morgan fingerprint density at radius 2 is 2.00 bits per heavy atom. The zero-order valence-corrected chi connectivity index (χ0v) is 11.6. The molecule has 0 aliphatic heterocycles. The first-order chi connectivity index (χ1) is 8.65. The van der Waals surface area contributed by atoms with Gasteiger partial charge in [0.2, 0.25) is 0 Å². The van der Waals surface area contributed by atoms with E-state index in [4.69, 9.17) is 4.74 Å². The van der Waals surface area contributed by atoms with Gasteiger partial charge in [0.1, 0.15) is 5.82 Å². The average molecular weight is 270 g/mol. The molecule has 0 fully saturated rings. The predicted octanol–water partition coefficient (Wildman–Crippen LogP) is 4.04. The number of rotatable bonds is 7. The standard InChI is InChI=1S/C14H19FO2S/c1-3-5-13(10-14(16)17-4-2)18-12-8-6-11(15)7-9-12/h6-9,13H,3-5,10H2,1-2H3. The molecule has 0 aromatic heterocycles. The highest BCUT2D eigenvalue weighted by atomic mass is 32.2. The Kier molecular flexibility index (Phi) is 6.80. The Morgan fingerprint density at radius 3 is 2.56 bits per heavy atom. The van der Waals surface area contributed by atoms with Gasteiger partial charge >= 0.3 is 5.97 Å². The summed E-state index contributed by atoms with van der Waals surface area (Å²) in [6, 6.07) is 6.37. The van der Waals surface area contributed by atoms with E-state index >= 15 is 0 Å². The first kappa shape index (κ1) is 15.0. The molecule has 18 heavy (non-hydrogen) atoms. The summed E-state index contributed by atoms with van der Waals surface area (Å²) in [6.45, 7) is 4.31. The minimum Gasteiger partial charge on any atom is -0.466 e. The molecule has 2 nitrogen and oxygen atoms in total. The van der Waals surface area contributed by atoms with Gasteiger partial charge in [0.15, 0.2) is 0 Å². The molecule has 0 aliphatic rings. The van der Waals surface area contributed by atoms with Gasteiger partial charge in [0.25, 0.3) is 0 Å². The highest BCUT2D eigenvalue weighted by molar-refractivity contribution is 8.00. The maximum atomic E-state index is 12.8. The van der Waals surface area contributed by atoms with Gasteiger partial charge in [-0.1, -0.05) is 13.3 Å². The van der Waals surface area contributed by atoms with Gasteiger partial charge < -0.3 is 4.74 Å². The Balaban J connectivity index is 2.56. The lowest BCUT2D eigenvalue weighted by Gasteiger charge is -2.14. The lowest BCUT2D eigenvalue weighted by atomic mass is 10.2. The zero-order chi connectivity index (χ0) is 13.4. The van der Waals surface area contributed by atoms with Crippen LogP contribution in [0.25, 0.3) is 0 Å². The van der Waals surface area contributed by atoms with Crippen LogP contribution in [0.4, 0.5) is 4.39 Å². The molecule has 0 saturated heterocycles. The maximum Gasteiger partial charge on any atom is 0.306 e. The molecule has 1 aromatic rings. The molecule has 0 spiro atoms. The molecule has 1 atom stereocenters. The molecular weight excluding hydrogens is 251 g/mol. The van der Waals surface area contributed by atoms with Crippen molar-refractivity contribution in [1.29, 1.82) is 0 Å². The second-order valence-corrected chi connectivity index (χ2v) is 5.37. The third kappa shape index (κ3) is 5.54. The molecule has 0 heterocycles. The SMILES string of the molecule is CCCC(CC(=O)OCC)Sc1ccc(F)cc1. The Morgan fingerprint density at radius 1 is 1.33 bits per heavy atom. The Hall–Kier alpha value is -1.03. The van der Waals surface area contributed by atoms with Crippen molar-refractivity contribution in [3.05, 3.63) is 30.1 Å². The van der Waals surface area contributed by atoms with Gasteiger partial charge in [-0.15, -0.1) is 11.8 Å². The third-order valence-electron chi connectivity index (χ3n) is 2.43. The van der Waals surface area contributed by atoms with E-state index in [0.29, 0.717) is 13.0 Å². The van der Waals surface area contributed by atoms with E-state index in [-0.39, 0.29) is 17.0 Å². The molecular formula is C14H19FO2S. The first-order valence-electron chi connectivity index (χ1n) is 6.23. The summed E-state index contributed by atoms with van der Waals surface area (Å²) in [4.78, 5) is 12.5. The van der Waals surface area contributed by atoms with Crippen LogP contribution in [-0.4, -0.2) is 17.8 Å². The van der Waals surface area contributed by atoms with Crippen molar-refractivity contribution in [1.82, 2.24) is 0 Å². The van der Waals surface area contributed by atoms with Crippen LogP contribution < -0.4 is 0 Å². The lowest BCUT2D eigenvalue weighted by molar-refractivity contribution is -0.143. The lowest BCUT2D eigenvalue weighted by Crippen LogP contribution is -2.13. The largest absolute Gasteiger partial charge is 0.466 e. The molecule has 4 heteroatoms. The monoisotopic (exact) mass is 270 g/mol. The fraction of sp³-hybridized carbons (Fsp3) is 0.500. The van der Waals surface area contributed by atoms with Crippen molar-refractivity contribution in [3.8, 4) is 0 Å². The van der Waals surface area contributed by atoms with E-state index in [1.807, 2.05) is 0 Å². The summed E-state index contributed by atoms with van der Waals surface area (Å²) in [6.07, 6.45) is 2.36. The minimum absolute atomic E-state index is 0.162. The molecule has 100 valence electrons. The van der Waals surface area contributed by atoms with Crippen LogP contribution in [0.1, 0.15) is 33.1 Å². The van der Waals surface area contributed by atoms with E-state index in [0.717, 1.165) is 17.7 Å². The molecule has 0 aliphatic carbocycles.